The van der Waals surface area contributed by atoms with Crippen molar-refractivity contribution in [2.45, 2.75) is 16.3 Å². The number of anilines is 1. The van der Waals surface area contributed by atoms with Gasteiger partial charge in [0.15, 0.2) is 0 Å². The molecule has 0 amide bonds. The number of hydrogen-bond acceptors (Lipinski definition) is 4. The minimum absolute atomic E-state index is 0.234. The Hall–Kier alpha value is -1.44. The van der Waals surface area contributed by atoms with Crippen LogP contribution in [0.2, 0.25) is 0 Å². The van der Waals surface area contributed by atoms with Crippen LogP contribution in [0.5, 0.6) is 0 Å². The summed E-state index contributed by atoms with van der Waals surface area (Å²) in [6, 6.07) is 8.93. The summed E-state index contributed by atoms with van der Waals surface area (Å²) in [5, 5.41) is 2.96. The van der Waals surface area contributed by atoms with Crippen molar-refractivity contribution in [1.29, 1.82) is 0 Å². The molecule has 0 atom stereocenters. The van der Waals surface area contributed by atoms with Gasteiger partial charge in [0.1, 0.15) is 4.90 Å². The summed E-state index contributed by atoms with van der Waals surface area (Å²) in [5.74, 6) is 0. The zero-order valence-corrected chi connectivity index (χ0v) is 12.9. The molecule has 0 saturated heterocycles. The number of aromatic nitrogens is 1. The predicted molar refractivity (Wildman–Crippen MR) is 82.6 cm³/mol. The van der Waals surface area contributed by atoms with Crippen LogP contribution < -0.4 is 10.0 Å². The maximum Gasteiger partial charge on any atom is 0.263 e. The SMILES string of the molecule is CNCc1cc(S(=O)(=O)Nc2cccc(SC)c2)c[nH]1. The van der Waals surface area contributed by atoms with Crippen molar-refractivity contribution < 1.29 is 8.42 Å². The summed E-state index contributed by atoms with van der Waals surface area (Å²) in [6.07, 6.45) is 3.44. The molecule has 0 fully saturated rings. The second-order valence-electron chi connectivity index (χ2n) is 4.23. The first-order valence-corrected chi connectivity index (χ1v) is 8.75. The molecule has 1 heterocycles. The second-order valence-corrected chi connectivity index (χ2v) is 6.79. The van der Waals surface area contributed by atoms with E-state index in [1.54, 1.807) is 30.9 Å². The van der Waals surface area contributed by atoms with Gasteiger partial charge in [0, 0.05) is 29.0 Å². The first-order chi connectivity index (χ1) is 9.55. The molecular weight excluding hydrogens is 294 g/mol. The van der Waals surface area contributed by atoms with Gasteiger partial charge in [-0.1, -0.05) is 6.07 Å². The van der Waals surface area contributed by atoms with E-state index in [4.69, 9.17) is 0 Å². The molecule has 0 saturated carbocycles. The predicted octanol–water partition coefficient (Wildman–Crippen LogP) is 2.26. The highest BCUT2D eigenvalue weighted by Gasteiger charge is 2.16. The number of nitrogens with one attached hydrogen (secondary N) is 3. The Bertz CT molecular complexity index is 680. The third-order valence-electron chi connectivity index (χ3n) is 2.72. The topological polar surface area (TPSA) is 74.0 Å². The van der Waals surface area contributed by atoms with E-state index in [1.807, 2.05) is 24.5 Å². The molecule has 108 valence electrons. The van der Waals surface area contributed by atoms with E-state index in [-0.39, 0.29) is 4.90 Å². The number of hydrogen-bond donors (Lipinski definition) is 3. The standard InChI is InChI=1S/C13H17N3O2S2/c1-14-8-11-7-13(9-15-11)20(17,18)16-10-4-3-5-12(6-10)19-2/h3-7,9,14-16H,8H2,1-2H3. The summed E-state index contributed by atoms with van der Waals surface area (Å²) in [7, 11) is -1.75. The van der Waals surface area contributed by atoms with Crippen molar-refractivity contribution in [3.05, 3.63) is 42.2 Å². The fraction of sp³-hybridized carbons (Fsp3) is 0.231. The van der Waals surface area contributed by atoms with Crippen molar-refractivity contribution in [1.82, 2.24) is 10.3 Å². The fourth-order valence-electron chi connectivity index (χ4n) is 1.77. The van der Waals surface area contributed by atoms with E-state index in [2.05, 4.69) is 15.0 Å². The lowest BCUT2D eigenvalue weighted by Gasteiger charge is -2.07. The Morgan fingerprint density at radius 3 is 2.80 bits per heavy atom. The van der Waals surface area contributed by atoms with Crippen LogP contribution in [0.15, 0.2) is 46.3 Å². The van der Waals surface area contributed by atoms with Crippen LogP contribution in [0.3, 0.4) is 0 Å². The van der Waals surface area contributed by atoms with Gasteiger partial charge in [-0.3, -0.25) is 4.72 Å². The van der Waals surface area contributed by atoms with Crippen LogP contribution in [0.25, 0.3) is 0 Å². The molecule has 1 aromatic heterocycles. The molecule has 0 aliphatic rings. The van der Waals surface area contributed by atoms with Gasteiger partial charge in [0.05, 0.1) is 0 Å². The summed E-state index contributed by atoms with van der Waals surface area (Å²) in [6.45, 7) is 0.595. The van der Waals surface area contributed by atoms with Crippen LogP contribution in [-0.2, 0) is 16.6 Å². The molecule has 1 aromatic carbocycles. The Labute approximate surface area is 123 Å². The molecule has 7 heteroatoms. The first kappa shape index (κ1) is 15.0. The van der Waals surface area contributed by atoms with Gasteiger partial charge < -0.3 is 10.3 Å². The van der Waals surface area contributed by atoms with E-state index < -0.39 is 10.0 Å². The third kappa shape index (κ3) is 3.56. The van der Waals surface area contributed by atoms with E-state index in [1.165, 1.54) is 6.20 Å². The van der Waals surface area contributed by atoms with E-state index in [0.717, 1.165) is 10.6 Å². The van der Waals surface area contributed by atoms with E-state index >= 15 is 0 Å². The van der Waals surface area contributed by atoms with Crippen molar-refractivity contribution >= 4 is 27.5 Å². The number of thioether (sulfide) groups is 1. The number of aromatic amines is 1. The average molecular weight is 311 g/mol. The molecule has 0 bridgehead atoms. The molecule has 0 spiro atoms. The van der Waals surface area contributed by atoms with Gasteiger partial charge in [-0.25, -0.2) is 8.42 Å². The van der Waals surface area contributed by atoms with Gasteiger partial charge >= 0.3 is 0 Å². The minimum atomic E-state index is -3.55. The highest BCUT2D eigenvalue weighted by atomic mass is 32.2. The molecule has 2 rings (SSSR count). The normalized spacial score (nSPS) is 11.5. The molecular formula is C13H17N3O2S2. The highest BCUT2D eigenvalue weighted by Crippen LogP contribution is 2.22. The van der Waals surface area contributed by atoms with Crippen molar-refractivity contribution in [2.75, 3.05) is 18.0 Å². The fourth-order valence-corrected chi connectivity index (χ4v) is 3.29. The van der Waals surface area contributed by atoms with E-state index in [0.29, 0.717) is 12.2 Å². The smallest absolute Gasteiger partial charge is 0.263 e. The van der Waals surface area contributed by atoms with Crippen LogP contribution >= 0.6 is 11.8 Å². The maximum absolute atomic E-state index is 12.3. The Morgan fingerprint density at radius 1 is 1.30 bits per heavy atom. The second kappa shape index (κ2) is 6.34. The summed E-state index contributed by atoms with van der Waals surface area (Å²) < 4.78 is 27.1. The molecule has 0 aliphatic carbocycles. The largest absolute Gasteiger partial charge is 0.363 e. The van der Waals surface area contributed by atoms with Crippen LogP contribution in [0, 0.1) is 0 Å². The van der Waals surface area contributed by atoms with Gasteiger partial charge in [-0.15, -0.1) is 11.8 Å². The lowest BCUT2D eigenvalue weighted by molar-refractivity contribution is 0.601. The lowest BCUT2D eigenvalue weighted by atomic mass is 10.3. The van der Waals surface area contributed by atoms with Crippen molar-refractivity contribution in [2.24, 2.45) is 0 Å². The van der Waals surface area contributed by atoms with Gasteiger partial charge in [-0.2, -0.15) is 0 Å². The molecule has 0 unspecified atom stereocenters. The zero-order valence-electron chi connectivity index (χ0n) is 11.3. The minimum Gasteiger partial charge on any atom is -0.363 e. The molecule has 5 nitrogen and oxygen atoms in total. The average Bonchev–Trinajstić information content (AvgIpc) is 2.88. The quantitative estimate of drug-likeness (QED) is 0.715. The van der Waals surface area contributed by atoms with Crippen LogP contribution in [0.1, 0.15) is 5.69 Å². The monoisotopic (exact) mass is 311 g/mol. The molecule has 0 aliphatic heterocycles. The van der Waals surface area contributed by atoms with Crippen molar-refractivity contribution in [3.63, 3.8) is 0 Å². The molecule has 20 heavy (non-hydrogen) atoms. The zero-order chi connectivity index (χ0) is 14.6. The van der Waals surface area contributed by atoms with Crippen LogP contribution in [0.4, 0.5) is 5.69 Å². The Morgan fingerprint density at radius 2 is 2.10 bits per heavy atom. The van der Waals surface area contributed by atoms with Gasteiger partial charge in [0.25, 0.3) is 10.0 Å². The molecule has 3 N–H and O–H groups in total. The number of sulfonamides is 1. The molecule has 2 aromatic rings. The Balaban J connectivity index is 2.21. The number of rotatable bonds is 6. The summed E-state index contributed by atoms with van der Waals surface area (Å²) >= 11 is 1.57. The summed E-state index contributed by atoms with van der Waals surface area (Å²) in [5.41, 5.74) is 1.39. The lowest BCUT2D eigenvalue weighted by Crippen LogP contribution is -2.12. The first-order valence-electron chi connectivity index (χ1n) is 6.04. The molecule has 0 radical (unpaired) electrons. The number of benzene rings is 1. The third-order valence-corrected chi connectivity index (χ3v) is 4.80. The van der Waals surface area contributed by atoms with E-state index in [9.17, 15) is 8.42 Å². The van der Waals surface area contributed by atoms with Crippen molar-refractivity contribution in [3.8, 4) is 0 Å². The number of H-pyrrole nitrogens is 1. The van der Waals surface area contributed by atoms with Gasteiger partial charge in [0.2, 0.25) is 0 Å². The maximum atomic E-state index is 12.3. The Kier molecular flexibility index (Phi) is 4.74. The summed E-state index contributed by atoms with van der Waals surface area (Å²) in [4.78, 5) is 4.18. The van der Waals surface area contributed by atoms with Crippen LogP contribution in [-0.4, -0.2) is 26.7 Å². The highest BCUT2D eigenvalue weighted by molar-refractivity contribution is 7.98. The van der Waals surface area contributed by atoms with Gasteiger partial charge in [-0.05, 0) is 37.6 Å².